The molecule has 0 atom stereocenters. The first-order valence-corrected chi connectivity index (χ1v) is 11.4. The van der Waals surface area contributed by atoms with Gasteiger partial charge in [-0.3, -0.25) is 4.79 Å². The average molecular weight is 521 g/mol. The average Bonchev–Trinajstić information content (AvgIpc) is 3.04. The Morgan fingerprint density at radius 2 is 1.63 bits per heavy atom. The third kappa shape index (κ3) is 5.01. The van der Waals surface area contributed by atoms with E-state index in [2.05, 4.69) is 10.6 Å². The number of imide groups is 1. The van der Waals surface area contributed by atoms with Crippen molar-refractivity contribution < 1.29 is 27.6 Å². The van der Waals surface area contributed by atoms with E-state index in [-0.39, 0.29) is 12.2 Å². The minimum atomic E-state index is -4.85. The lowest BCUT2D eigenvalue weighted by molar-refractivity contribution is -0.137. The highest BCUT2D eigenvalue weighted by molar-refractivity contribution is 6.23. The first-order chi connectivity index (χ1) is 17.9. The maximum atomic E-state index is 13.5. The van der Waals surface area contributed by atoms with Gasteiger partial charge in [-0.25, -0.2) is 14.5 Å². The van der Waals surface area contributed by atoms with Crippen LogP contribution in [0.15, 0.2) is 72.8 Å². The van der Waals surface area contributed by atoms with Crippen LogP contribution in [-0.2, 0) is 17.5 Å². The van der Waals surface area contributed by atoms with Gasteiger partial charge in [0.05, 0.1) is 29.4 Å². The fourth-order valence-corrected chi connectivity index (χ4v) is 4.09. The number of nitrogens with one attached hydrogen (secondary N) is 2. The van der Waals surface area contributed by atoms with Crippen molar-refractivity contribution in [2.75, 3.05) is 15.5 Å². The van der Waals surface area contributed by atoms with Gasteiger partial charge in [0, 0.05) is 11.4 Å². The summed E-state index contributed by atoms with van der Waals surface area (Å²) in [5, 5.41) is 14.5. The molecular formula is C27H22F3N5O3. The van der Waals surface area contributed by atoms with E-state index in [9.17, 15) is 27.6 Å². The number of halogens is 3. The Kier molecular flexibility index (Phi) is 6.83. The summed E-state index contributed by atoms with van der Waals surface area (Å²) < 4.78 is 40.5. The lowest BCUT2D eigenvalue weighted by Gasteiger charge is -2.28. The molecule has 0 unspecified atom stereocenters. The van der Waals surface area contributed by atoms with E-state index in [4.69, 9.17) is 5.26 Å². The van der Waals surface area contributed by atoms with Gasteiger partial charge in [0.2, 0.25) is 0 Å². The third-order valence-electron chi connectivity index (χ3n) is 6.14. The van der Waals surface area contributed by atoms with Gasteiger partial charge < -0.3 is 15.5 Å². The van der Waals surface area contributed by atoms with E-state index in [1.54, 1.807) is 54.6 Å². The number of hydrogen-bond acceptors (Lipinski definition) is 4. The van der Waals surface area contributed by atoms with E-state index in [0.29, 0.717) is 27.9 Å². The van der Waals surface area contributed by atoms with Crippen molar-refractivity contribution in [3.05, 3.63) is 89.5 Å². The number of amides is 5. The number of hydrogen-bond donors (Lipinski definition) is 2. The van der Waals surface area contributed by atoms with Crippen LogP contribution >= 0.6 is 0 Å². The van der Waals surface area contributed by atoms with Crippen LogP contribution in [0.5, 0.6) is 0 Å². The number of urea groups is 2. The Labute approximate surface area is 216 Å². The van der Waals surface area contributed by atoms with Crippen LogP contribution in [0.2, 0.25) is 0 Å². The number of alkyl halides is 3. The summed E-state index contributed by atoms with van der Waals surface area (Å²) in [4.78, 5) is 41.1. The Balaban J connectivity index is 1.61. The van der Waals surface area contributed by atoms with E-state index in [1.807, 2.05) is 0 Å². The zero-order valence-corrected chi connectivity index (χ0v) is 20.3. The fourth-order valence-electron chi connectivity index (χ4n) is 4.09. The van der Waals surface area contributed by atoms with Gasteiger partial charge in [-0.15, -0.1) is 0 Å². The van der Waals surface area contributed by atoms with Crippen molar-refractivity contribution in [1.82, 2.24) is 4.90 Å². The zero-order chi connectivity index (χ0) is 27.7. The van der Waals surface area contributed by atoms with Crippen LogP contribution in [-0.4, -0.2) is 28.4 Å². The standard InChI is InChI=1S/C27H22F3N5O3/c1-26(2)23(36)35(20-13-12-17(15-31)21(14-20)27(28,29)30)25(38)34(26)16-18-8-6-7-11-22(18)33-24(37)32-19-9-4-3-5-10-19/h3-14H,16H2,1-2H3,(H2,32,33,37). The quantitative estimate of drug-likeness (QED) is 0.404. The van der Waals surface area contributed by atoms with E-state index in [1.165, 1.54) is 24.8 Å². The molecule has 1 saturated heterocycles. The number of benzene rings is 3. The SMILES string of the molecule is CC1(C)C(=O)N(c2ccc(C#N)c(C(F)(F)F)c2)C(=O)N1Cc1ccccc1NC(=O)Nc1ccccc1. The van der Waals surface area contributed by atoms with Crippen molar-refractivity contribution in [3.63, 3.8) is 0 Å². The molecular weight excluding hydrogens is 499 g/mol. The molecule has 2 N–H and O–H groups in total. The normalized spacial score (nSPS) is 14.8. The van der Waals surface area contributed by atoms with E-state index >= 15 is 0 Å². The smallest absolute Gasteiger partial charge is 0.308 e. The number of nitriles is 1. The number of para-hydroxylation sites is 2. The summed E-state index contributed by atoms with van der Waals surface area (Å²) in [7, 11) is 0. The highest BCUT2D eigenvalue weighted by Crippen LogP contribution is 2.38. The van der Waals surface area contributed by atoms with E-state index < -0.39 is 40.8 Å². The topological polar surface area (TPSA) is 106 Å². The number of anilines is 3. The lowest BCUT2D eigenvalue weighted by atomic mass is 10.0. The Hall–Kier alpha value is -4.85. The highest BCUT2D eigenvalue weighted by atomic mass is 19.4. The number of carbonyl (C=O) groups is 3. The van der Waals surface area contributed by atoms with Crippen molar-refractivity contribution in [2.45, 2.75) is 32.1 Å². The Morgan fingerprint density at radius 3 is 2.29 bits per heavy atom. The summed E-state index contributed by atoms with van der Waals surface area (Å²) in [6.45, 7) is 2.86. The second-order valence-electron chi connectivity index (χ2n) is 9.01. The van der Waals surface area contributed by atoms with Crippen molar-refractivity contribution in [3.8, 4) is 6.07 Å². The van der Waals surface area contributed by atoms with Crippen molar-refractivity contribution in [2.24, 2.45) is 0 Å². The first kappa shape index (κ1) is 26.2. The largest absolute Gasteiger partial charge is 0.417 e. The maximum Gasteiger partial charge on any atom is 0.417 e. The molecule has 38 heavy (non-hydrogen) atoms. The molecule has 194 valence electrons. The van der Waals surface area contributed by atoms with Gasteiger partial charge in [0.1, 0.15) is 5.54 Å². The predicted molar refractivity (Wildman–Crippen MR) is 134 cm³/mol. The minimum Gasteiger partial charge on any atom is -0.308 e. The number of rotatable bonds is 5. The second-order valence-corrected chi connectivity index (χ2v) is 9.01. The zero-order valence-electron chi connectivity index (χ0n) is 20.3. The molecule has 1 heterocycles. The molecule has 5 amide bonds. The van der Waals surface area contributed by atoms with Crippen LogP contribution < -0.4 is 15.5 Å². The van der Waals surface area contributed by atoms with Gasteiger partial charge in [0.15, 0.2) is 0 Å². The van der Waals surface area contributed by atoms with Crippen molar-refractivity contribution in [1.29, 1.82) is 5.26 Å². The molecule has 0 bridgehead atoms. The van der Waals surface area contributed by atoms with Crippen LogP contribution in [0.3, 0.4) is 0 Å². The van der Waals surface area contributed by atoms with Gasteiger partial charge in [0.25, 0.3) is 5.91 Å². The predicted octanol–water partition coefficient (Wildman–Crippen LogP) is 5.97. The molecule has 0 saturated carbocycles. The molecule has 0 aliphatic carbocycles. The minimum absolute atomic E-state index is 0.113. The summed E-state index contributed by atoms with van der Waals surface area (Å²) in [6, 6.07) is 18.2. The number of nitrogens with zero attached hydrogens (tertiary/aromatic N) is 3. The van der Waals surface area contributed by atoms with Gasteiger partial charge in [-0.1, -0.05) is 36.4 Å². The molecule has 3 aromatic carbocycles. The Morgan fingerprint density at radius 1 is 0.974 bits per heavy atom. The molecule has 11 heteroatoms. The fraction of sp³-hybridized carbons (Fsp3) is 0.185. The number of carbonyl (C=O) groups excluding carboxylic acids is 3. The van der Waals surface area contributed by atoms with Crippen LogP contribution in [0, 0.1) is 11.3 Å². The highest BCUT2D eigenvalue weighted by Gasteiger charge is 2.52. The van der Waals surface area contributed by atoms with Gasteiger partial charge in [-0.2, -0.15) is 18.4 Å². The summed E-state index contributed by atoms with van der Waals surface area (Å²) >= 11 is 0. The second kappa shape index (κ2) is 9.89. The van der Waals surface area contributed by atoms with E-state index in [0.717, 1.165) is 12.1 Å². The molecule has 1 aliphatic rings. The monoisotopic (exact) mass is 521 g/mol. The summed E-state index contributed by atoms with van der Waals surface area (Å²) in [5.74, 6) is -0.729. The van der Waals surface area contributed by atoms with Crippen LogP contribution in [0.4, 0.5) is 39.8 Å². The Bertz CT molecular complexity index is 1450. The maximum absolute atomic E-state index is 13.5. The first-order valence-electron chi connectivity index (χ1n) is 11.4. The van der Waals surface area contributed by atoms with Gasteiger partial charge >= 0.3 is 18.2 Å². The molecule has 1 fully saturated rings. The molecule has 4 rings (SSSR count). The molecule has 0 radical (unpaired) electrons. The van der Waals surface area contributed by atoms with Gasteiger partial charge in [-0.05, 0) is 55.8 Å². The molecule has 0 aromatic heterocycles. The molecule has 0 spiro atoms. The van der Waals surface area contributed by atoms with Crippen LogP contribution in [0.1, 0.15) is 30.5 Å². The van der Waals surface area contributed by atoms with Crippen molar-refractivity contribution >= 4 is 35.0 Å². The summed E-state index contributed by atoms with van der Waals surface area (Å²) in [5.41, 5.74) is -2.12. The third-order valence-corrected chi connectivity index (χ3v) is 6.14. The molecule has 1 aliphatic heterocycles. The molecule has 3 aromatic rings. The summed E-state index contributed by atoms with van der Waals surface area (Å²) in [6.07, 6.45) is -4.85. The van der Waals surface area contributed by atoms with Crippen LogP contribution in [0.25, 0.3) is 0 Å². The molecule has 8 nitrogen and oxygen atoms in total. The lowest BCUT2D eigenvalue weighted by Crippen LogP contribution is -2.43.